The summed E-state index contributed by atoms with van der Waals surface area (Å²) in [6.07, 6.45) is 5.27. The lowest BCUT2D eigenvalue weighted by Crippen LogP contribution is -2.58. The Bertz CT molecular complexity index is 571. The second kappa shape index (κ2) is 6.48. The van der Waals surface area contributed by atoms with E-state index in [4.69, 9.17) is 9.15 Å². The summed E-state index contributed by atoms with van der Waals surface area (Å²) < 4.78 is 24.5. The Hall–Kier alpha value is -1.40. The number of fused-ring (bicyclic) bond motifs is 1. The first-order valence-corrected chi connectivity index (χ1v) is 8.96. The van der Waals surface area contributed by atoms with Crippen LogP contribution in [-0.4, -0.2) is 60.8 Å². The molecule has 1 amide bonds. The topological polar surface area (TPSA) is 45.9 Å². The lowest BCUT2D eigenvalue weighted by Gasteiger charge is -2.45. The molecule has 3 fully saturated rings. The number of hydrogen-bond donors (Lipinski definition) is 0. The van der Waals surface area contributed by atoms with Crippen LogP contribution in [0.5, 0.6) is 0 Å². The van der Waals surface area contributed by atoms with Gasteiger partial charge in [0.2, 0.25) is 5.91 Å². The van der Waals surface area contributed by atoms with Crippen molar-refractivity contribution in [2.75, 3.05) is 32.8 Å². The van der Waals surface area contributed by atoms with Gasteiger partial charge in [0, 0.05) is 44.9 Å². The van der Waals surface area contributed by atoms with E-state index >= 15 is 0 Å². The molecule has 6 heteroatoms. The molecule has 132 valence electrons. The van der Waals surface area contributed by atoms with E-state index in [0.29, 0.717) is 32.5 Å². The van der Waals surface area contributed by atoms with Crippen LogP contribution in [0.3, 0.4) is 0 Å². The van der Waals surface area contributed by atoms with E-state index in [9.17, 15) is 9.18 Å². The number of rotatable bonds is 3. The second-order valence-corrected chi connectivity index (χ2v) is 7.36. The van der Waals surface area contributed by atoms with E-state index in [-0.39, 0.29) is 12.0 Å². The molecule has 4 rings (SSSR count). The molecule has 3 aliphatic rings. The van der Waals surface area contributed by atoms with Crippen molar-refractivity contribution >= 4 is 5.91 Å². The summed E-state index contributed by atoms with van der Waals surface area (Å²) in [6.45, 7) is 4.17. The number of halogens is 1. The van der Waals surface area contributed by atoms with Crippen LogP contribution < -0.4 is 0 Å². The maximum absolute atomic E-state index is 13.4. The van der Waals surface area contributed by atoms with Crippen molar-refractivity contribution in [2.45, 2.75) is 44.5 Å². The van der Waals surface area contributed by atoms with Gasteiger partial charge in [-0.3, -0.25) is 9.69 Å². The first-order valence-electron chi connectivity index (χ1n) is 8.96. The summed E-state index contributed by atoms with van der Waals surface area (Å²) in [4.78, 5) is 17.5. The summed E-state index contributed by atoms with van der Waals surface area (Å²) in [5.41, 5.74) is 0.679. The molecule has 24 heavy (non-hydrogen) atoms. The van der Waals surface area contributed by atoms with Gasteiger partial charge in [-0.2, -0.15) is 0 Å². The van der Waals surface area contributed by atoms with Crippen LogP contribution >= 0.6 is 0 Å². The molecule has 4 heterocycles. The predicted molar refractivity (Wildman–Crippen MR) is 86.1 cm³/mol. The van der Waals surface area contributed by atoms with E-state index in [1.165, 1.54) is 0 Å². The van der Waals surface area contributed by atoms with Crippen molar-refractivity contribution < 1.29 is 18.3 Å². The Morgan fingerprint density at radius 1 is 1.29 bits per heavy atom. The van der Waals surface area contributed by atoms with Gasteiger partial charge in [0.05, 0.1) is 24.0 Å². The van der Waals surface area contributed by atoms with E-state index in [2.05, 4.69) is 4.90 Å². The number of carbonyl (C=O) groups is 1. The lowest BCUT2D eigenvalue weighted by molar-refractivity contribution is -0.152. The summed E-state index contributed by atoms with van der Waals surface area (Å²) in [7, 11) is 0. The molecule has 0 spiro atoms. The third-order valence-electron chi connectivity index (χ3n) is 5.82. The first-order chi connectivity index (χ1) is 11.7. The molecule has 0 aromatic carbocycles. The summed E-state index contributed by atoms with van der Waals surface area (Å²) >= 11 is 0. The van der Waals surface area contributed by atoms with Gasteiger partial charge in [-0.15, -0.1) is 0 Å². The van der Waals surface area contributed by atoms with Crippen LogP contribution in [0.4, 0.5) is 4.39 Å². The first kappa shape index (κ1) is 16.1. The summed E-state index contributed by atoms with van der Waals surface area (Å²) in [5.74, 6) is 0.175. The van der Waals surface area contributed by atoms with Crippen LogP contribution in [0.15, 0.2) is 23.0 Å². The normalized spacial score (nSPS) is 32.0. The Morgan fingerprint density at radius 3 is 2.88 bits per heavy atom. The van der Waals surface area contributed by atoms with Gasteiger partial charge in [0.25, 0.3) is 0 Å². The maximum Gasteiger partial charge on any atom is 0.232 e. The van der Waals surface area contributed by atoms with Gasteiger partial charge >= 0.3 is 0 Å². The zero-order valence-electron chi connectivity index (χ0n) is 14.0. The van der Waals surface area contributed by atoms with E-state index in [1.54, 1.807) is 12.5 Å². The third kappa shape index (κ3) is 2.86. The maximum atomic E-state index is 13.4. The smallest absolute Gasteiger partial charge is 0.232 e. The molecule has 0 unspecified atom stereocenters. The van der Waals surface area contributed by atoms with Gasteiger partial charge in [-0.25, -0.2) is 4.39 Å². The van der Waals surface area contributed by atoms with E-state index in [1.807, 2.05) is 11.0 Å². The zero-order chi connectivity index (χ0) is 16.6. The monoisotopic (exact) mass is 336 g/mol. The number of likely N-dealkylation sites (tertiary alicyclic amines) is 2. The second-order valence-electron chi connectivity index (χ2n) is 7.36. The molecule has 1 aromatic heterocycles. The van der Waals surface area contributed by atoms with Crippen molar-refractivity contribution in [3.8, 4) is 0 Å². The number of amides is 1. The van der Waals surface area contributed by atoms with Gasteiger partial charge < -0.3 is 14.1 Å². The van der Waals surface area contributed by atoms with Gasteiger partial charge in [0.15, 0.2) is 0 Å². The highest BCUT2D eigenvalue weighted by atomic mass is 19.1. The Morgan fingerprint density at radius 2 is 2.12 bits per heavy atom. The minimum atomic E-state index is -0.758. The zero-order valence-corrected chi connectivity index (χ0v) is 14.0. The number of alkyl halides is 1. The minimum Gasteiger partial charge on any atom is -0.472 e. The van der Waals surface area contributed by atoms with E-state index in [0.717, 1.165) is 38.0 Å². The fourth-order valence-electron chi connectivity index (χ4n) is 4.48. The fraction of sp³-hybridized carbons (Fsp3) is 0.722. The molecule has 3 aliphatic heterocycles. The highest BCUT2D eigenvalue weighted by molar-refractivity contribution is 5.84. The Balaban J connectivity index is 1.50. The number of furan rings is 1. The fourth-order valence-corrected chi connectivity index (χ4v) is 4.48. The van der Waals surface area contributed by atoms with Gasteiger partial charge in [-0.05, 0) is 31.7 Å². The number of nitrogens with zero attached hydrogens (tertiary/aromatic N) is 2. The molecular weight excluding hydrogens is 311 g/mol. The van der Waals surface area contributed by atoms with Crippen LogP contribution in [-0.2, 0) is 16.1 Å². The largest absolute Gasteiger partial charge is 0.472 e. The quantitative estimate of drug-likeness (QED) is 0.849. The standard InChI is InChI=1S/C18H25FN2O3/c19-15-1-7-21(8-2-15)17(22)18-5-10-24-16(18)3-6-20(13-18)11-14-4-9-23-12-14/h4,9,12,15-16H,1-3,5-8,10-11,13H2/t16-,18-/m0/s1. The average Bonchev–Trinajstić information content (AvgIpc) is 3.24. The van der Waals surface area contributed by atoms with Crippen LogP contribution in [0, 0.1) is 5.41 Å². The molecule has 1 aromatic rings. The summed E-state index contributed by atoms with van der Waals surface area (Å²) in [6, 6.07) is 1.97. The van der Waals surface area contributed by atoms with Gasteiger partial charge in [0.1, 0.15) is 6.17 Å². The molecule has 5 nitrogen and oxygen atoms in total. The Labute approximate surface area is 141 Å². The molecule has 0 bridgehead atoms. The molecular formula is C18H25FN2O3. The summed E-state index contributed by atoms with van der Waals surface area (Å²) in [5, 5.41) is 0. The molecule has 2 atom stereocenters. The number of ether oxygens (including phenoxy) is 1. The minimum absolute atomic E-state index is 0.00806. The van der Waals surface area contributed by atoms with E-state index < -0.39 is 11.6 Å². The molecule has 0 aliphatic carbocycles. The molecule has 0 saturated carbocycles. The number of hydrogen-bond acceptors (Lipinski definition) is 4. The van der Waals surface area contributed by atoms with Crippen molar-refractivity contribution in [2.24, 2.45) is 5.41 Å². The van der Waals surface area contributed by atoms with Crippen LogP contribution in [0.2, 0.25) is 0 Å². The van der Waals surface area contributed by atoms with Crippen LogP contribution in [0.25, 0.3) is 0 Å². The van der Waals surface area contributed by atoms with Gasteiger partial charge in [-0.1, -0.05) is 0 Å². The van der Waals surface area contributed by atoms with Crippen molar-refractivity contribution in [1.82, 2.24) is 9.80 Å². The highest BCUT2D eigenvalue weighted by Crippen LogP contribution is 2.43. The van der Waals surface area contributed by atoms with Crippen molar-refractivity contribution in [1.29, 1.82) is 0 Å². The van der Waals surface area contributed by atoms with Crippen molar-refractivity contribution in [3.05, 3.63) is 24.2 Å². The van der Waals surface area contributed by atoms with Crippen molar-refractivity contribution in [3.63, 3.8) is 0 Å². The highest BCUT2D eigenvalue weighted by Gasteiger charge is 2.54. The molecule has 3 saturated heterocycles. The Kier molecular flexibility index (Phi) is 4.35. The third-order valence-corrected chi connectivity index (χ3v) is 5.82. The average molecular weight is 336 g/mol. The molecule has 0 radical (unpaired) electrons. The number of piperidine rings is 2. The number of carbonyl (C=O) groups excluding carboxylic acids is 1. The van der Waals surface area contributed by atoms with Crippen LogP contribution in [0.1, 0.15) is 31.2 Å². The lowest BCUT2D eigenvalue weighted by atomic mass is 9.75. The predicted octanol–water partition coefficient (Wildman–Crippen LogP) is 2.22. The molecule has 0 N–H and O–H groups in total. The SMILES string of the molecule is O=C(N1CCC(F)CC1)[C@]12CCO[C@H]1CCN(Cc1ccoc1)C2.